The van der Waals surface area contributed by atoms with Crippen LogP contribution in [-0.2, 0) is 0 Å². The van der Waals surface area contributed by atoms with Crippen LogP contribution in [0.4, 0.5) is 0 Å². The number of hydrogen-bond donors (Lipinski definition) is 1. The number of amides is 1. The summed E-state index contributed by atoms with van der Waals surface area (Å²) in [6.07, 6.45) is 3.64. The summed E-state index contributed by atoms with van der Waals surface area (Å²) < 4.78 is 0. The molecule has 0 spiro atoms. The smallest absolute Gasteiger partial charge is 0.254 e. The van der Waals surface area contributed by atoms with E-state index in [0.717, 1.165) is 0 Å². The Morgan fingerprint density at radius 2 is 2.18 bits per heavy atom. The number of carbonyl (C=O) groups excluding carboxylic acids is 1. The van der Waals surface area contributed by atoms with Crippen LogP contribution >= 0.6 is 23.2 Å². The highest BCUT2D eigenvalue weighted by molar-refractivity contribution is 6.34. The Morgan fingerprint density at radius 3 is 2.71 bits per heavy atom. The van der Waals surface area contributed by atoms with Crippen LogP contribution in [0.15, 0.2) is 12.1 Å². The molecule has 0 saturated heterocycles. The number of carbonyl (C=O) groups is 1. The molecule has 1 aromatic rings. The topological polar surface area (TPSA) is 42.0 Å². The highest BCUT2D eigenvalue weighted by atomic mass is 35.5. The molecule has 17 heavy (non-hydrogen) atoms. The first-order valence-corrected chi connectivity index (χ1v) is 6.46. The zero-order chi connectivity index (χ0) is 12.4. The maximum atomic E-state index is 12.0. The predicted octanol–water partition coefficient (Wildman–Crippen LogP) is 3.31. The number of pyridine rings is 1. The van der Waals surface area contributed by atoms with Gasteiger partial charge in [-0.05, 0) is 37.8 Å². The molecule has 0 radical (unpaired) electrons. The normalized spacial score (nSPS) is 17.4. The van der Waals surface area contributed by atoms with Gasteiger partial charge < -0.3 is 5.32 Å². The molecule has 1 unspecified atom stereocenters. The Hall–Kier alpha value is -0.800. The number of rotatable bonds is 3. The molecule has 1 atom stereocenters. The zero-order valence-corrected chi connectivity index (χ0v) is 11.1. The van der Waals surface area contributed by atoms with Crippen LogP contribution in [0.1, 0.15) is 36.5 Å². The Morgan fingerprint density at radius 1 is 1.47 bits per heavy atom. The van der Waals surface area contributed by atoms with Crippen molar-refractivity contribution in [2.75, 3.05) is 0 Å². The Labute approximate surface area is 111 Å². The summed E-state index contributed by atoms with van der Waals surface area (Å²) in [5, 5.41) is 3.39. The molecule has 1 saturated carbocycles. The molecular weight excluding hydrogens is 259 g/mol. The molecular formula is C12H14Cl2N2O. The molecule has 92 valence electrons. The highest BCUT2D eigenvalue weighted by Gasteiger charge is 2.25. The van der Waals surface area contributed by atoms with Crippen molar-refractivity contribution >= 4 is 29.1 Å². The molecule has 0 aliphatic heterocycles. The molecule has 1 N–H and O–H groups in total. The van der Waals surface area contributed by atoms with Crippen LogP contribution in [-0.4, -0.2) is 16.9 Å². The lowest BCUT2D eigenvalue weighted by atomic mass is 9.80. The van der Waals surface area contributed by atoms with Gasteiger partial charge in [0.25, 0.3) is 5.91 Å². The number of nitrogens with zero attached hydrogens (tertiary/aromatic N) is 1. The third-order valence-electron chi connectivity index (χ3n) is 3.28. The second kappa shape index (κ2) is 5.23. The molecule has 0 aromatic carbocycles. The van der Waals surface area contributed by atoms with E-state index in [-0.39, 0.29) is 17.1 Å². The lowest BCUT2D eigenvalue weighted by Gasteiger charge is -2.31. The van der Waals surface area contributed by atoms with E-state index in [1.807, 2.05) is 6.92 Å². The lowest BCUT2D eigenvalue weighted by molar-refractivity contribution is 0.0909. The fourth-order valence-corrected chi connectivity index (χ4v) is 2.35. The van der Waals surface area contributed by atoms with Crippen molar-refractivity contribution in [3.63, 3.8) is 0 Å². The molecule has 1 fully saturated rings. The molecule has 3 nitrogen and oxygen atoms in total. The molecule has 0 bridgehead atoms. The van der Waals surface area contributed by atoms with Gasteiger partial charge in [0.1, 0.15) is 10.3 Å². The summed E-state index contributed by atoms with van der Waals surface area (Å²) in [4.78, 5) is 15.8. The van der Waals surface area contributed by atoms with Gasteiger partial charge in [-0.3, -0.25) is 4.79 Å². The molecule has 1 heterocycles. The molecule has 1 aromatic heterocycles. The van der Waals surface area contributed by atoms with Crippen LogP contribution in [0, 0.1) is 5.92 Å². The van der Waals surface area contributed by atoms with Crippen molar-refractivity contribution in [3.05, 3.63) is 28.0 Å². The largest absolute Gasteiger partial charge is 0.349 e. The van der Waals surface area contributed by atoms with E-state index in [2.05, 4.69) is 10.3 Å². The van der Waals surface area contributed by atoms with Gasteiger partial charge in [-0.15, -0.1) is 0 Å². The summed E-state index contributed by atoms with van der Waals surface area (Å²) in [6.45, 7) is 2.03. The lowest BCUT2D eigenvalue weighted by Crippen LogP contribution is -2.40. The number of hydrogen-bond acceptors (Lipinski definition) is 2. The van der Waals surface area contributed by atoms with Crippen molar-refractivity contribution in [1.29, 1.82) is 0 Å². The average molecular weight is 273 g/mol. The van der Waals surface area contributed by atoms with Crippen molar-refractivity contribution < 1.29 is 4.79 Å². The molecule has 1 aliphatic carbocycles. The van der Waals surface area contributed by atoms with Gasteiger partial charge >= 0.3 is 0 Å². The van der Waals surface area contributed by atoms with E-state index in [0.29, 0.717) is 16.6 Å². The van der Waals surface area contributed by atoms with Crippen molar-refractivity contribution in [1.82, 2.24) is 10.3 Å². The van der Waals surface area contributed by atoms with Crippen LogP contribution in [0.25, 0.3) is 0 Å². The van der Waals surface area contributed by atoms with Gasteiger partial charge in [0, 0.05) is 6.04 Å². The van der Waals surface area contributed by atoms with Crippen LogP contribution < -0.4 is 5.32 Å². The SMILES string of the molecule is CC(NC(=O)c1ccc(Cl)nc1Cl)C1CCC1. The molecule has 1 aliphatic rings. The van der Waals surface area contributed by atoms with Gasteiger partial charge in [0.2, 0.25) is 0 Å². The minimum atomic E-state index is -0.182. The fourth-order valence-electron chi connectivity index (χ4n) is 1.92. The van der Waals surface area contributed by atoms with Crippen LogP contribution in [0.3, 0.4) is 0 Å². The van der Waals surface area contributed by atoms with Gasteiger partial charge in [-0.2, -0.15) is 0 Å². The van der Waals surface area contributed by atoms with Gasteiger partial charge in [0.15, 0.2) is 0 Å². The number of halogens is 2. The number of aromatic nitrogens is 1. The Balaban J connectivity index is 2.03. The maximum Gasteiger partial charge on any atom is 0.254 e. The van der Waals surface area contributed by atoms with E-state index in [4.69, 9.17) is 23.2 Å². The monoisotopic (exact) mass is 272 g/mol. The first-order valence-electron chi connectivity index (χ1n) is 5.71. The van der Waals surface area contributed by atoms with Crippen molar-refractivity contribution in [2.24, 2.45) is 5.92 Å². The first kappa shape index (κ1) is 12.7. The Kier molecular flexibility index (Phi) is 3.89. The summed E-state index contributed by atoms with van der Waals surface area (Å²) in [5.41, 5.74) is 0.377. The third kappa shape index (κ3) is 2.90. The Bertz CT molecular complexity index is 433. The van der Waals surface area contributed by atoms with E-state index in [9.17, 15) is 4.79 Å². The third-order valence-corrected chi connectivity index (χ3v) is 3.77. The standard InChI is InChI=1S/C12H14Cl2N2O/c1-7(8-3-2-4-8)15-12(17)9-5-6-10(13)16-11(9)14/h5-8H,2-4H2,1H3,(H,15,17). The van der Waals surface area contributed by atoms with Crippen molar-refractivity contribution in [3.8, 4) is 0 Å². The maximum absolute atomic E-state index is 12.0. The van der Waals surface area contributed by atoms with Gasteiger partial charge in [-0.1, -0.05) is 29.6 Å². The average Bonchev–Trinajstić information content (AvgIpc) is 2.13. The quantitative estimate of drug-likeness (QED) is 0.858. The fraction of sp³-hybridized carbons (Fsp3) is 0.500. The molecule has 2 rings (SSSR count). The second-order valence-corrected chi connectivity index (χ2v) is 5.17. The summed E-state index contributed by atoms with van der Waals surface area (Å²) >= 11 is 11.6. The predicted molar refractivity (Wildman–Crippen MR) is 68.5 cm³/mol. The van der Waals surface area contributed by atoms with Gasteiger partial charge in [-0.25, -0.2) is 4.98 Å². The molecule has 1 amide bonds. The van der Waals surface area contributed by atoms with E-state index >= 15 is 0 Å². The van der Waals surface area contributed by atoms with Gasteiger partial charge in [0.05, 0.1) is 5.56 Å². The summed E-state index contributed by atoms with van der Waals surface area (Å²) in [7, 11) is 0. The van der Waals surface area contributed by atoms with E-state index in [1.54, 1.807) is 12.1 Å². The minimum absolute atomic E-state index is 0.149. The molecule has 5 heteroatoms. The first-order chi connectivity index (χ1) is 8.08. The zero-order valence-electron chi connectivity index (χ0n) is 9.54. The van der Waals surface area contributed by atoms with Crippen molar-refractivity contribution in [2.45, 2.75) is 32.2 Å². The highest BCUT2D eigenvalue weighted by Crippen LogP contribution is 2.29. The summed E-state index contributed by atoms with van der Waals surface area (Å²) in [5.74, 6) is 0.413. The van der Waals surface area contributed by atoms with E-state index in [1.165, 1.54) is 19.3 Å². The minimum Gasteiger partial charge on any atom is -0.349 e. The summed E-state index contributed by atoms with van der Waals surface area (Å²) in [6, 6.07) is 3.35. The second-order valence-electron chi connectivity index (χ2n) is 4.43. The van der Waals surface area contributed by atoms with Crippen LogP contribution in [0.2, 0.25) is 10.3 Å². The van der Waals surface area contributed by atoms with Crippen LogP contribution in [0.5, 0.6) is 0 Å². The number of nitrogens with one attached hydrogen (secondary N) is 1. The van der Waals surface area contributed by atoms with E-state index < -0.39 is 0 Å².